The van der Waals surface area contributed by atoms with Crippen LogP contribution in [0.4, 0.5) is 5.82 Å². The molecule has 0 aliphatic carbocycles. The number of rotatable bonds is 4. The Morgan fingerprint density at radius 3 is 2.75 bits per heavy atom. The van der Waals surface area contributed by atoms with Gasteiger partial charge in [-0.15, -0.1) is 5.10 Å². The van der Waals surface area contributed by atoms with Crippen LogP contribution >= 0.6 is 0 Å². The molecule has 5 rings (SSSR count). The van der Waals surface area contributed by atoms with Gasteiger partial charge in [0.1, 0.15) is 18.0 Å². The van der Waals surface area contributed by atoms with Crippen LogP contribution in [0.1, 0.15) is 34.7 Å². The number of hydrogen-bond donors (Lipinski definition) is 3. The van der Waals surface area contributed by atoms with E-state index in [0.29, 0.717) is 33.6 Å². The molecule has 10 heteroatoms. The van der Waals surface area contributed by atoms with Crippen molar-refractivity contribution >= 4 is 28.3 Å². The molecule has 3 heterocycles. The Hall–Kier alpha value is -5.01. The first kappa shape index (κ1) is 22.8. The Bertz CT molecular complexity index is 1730. The Labute approximate surface area is 205 Å². The monoisotopic (exact) mass is 479 g/mol. The van der Waals surface area contributed by atoms with Crippen LogP contribution in [0.25, 0.3) is 22.2 Å². The highest BCUT2D eigenvalue weighted by Gasteiger charge is 2.24. The van der Waals surface area contributed by atoms with Gasteiger partial charge in [0.15, 0.2) is 11.5 Å². The molecule has 0 aliphatic rings. The smallest absolute Gasteiger partial charge is 0.267 e. The zero-order valence-corrected chi connectivity index (χ0v) is 19.2. The molecule has 4 N–H and O–H groups in total. The molecule has 0 radical (unpaired) electrons. The summed E-state index contributed by atoms with van der Waals surface area (Å²) in [6.45, 7) is 1.40. The van der Waals surface area contributed by atoms with E-state index in [1.807, 2.05) is 18.2 Å². The van der Waals surface area contributed by atoms with E-state index in [0.717, 1.165) is 0 Å². The molecule has 0 spiro atoms. The van der Waals surface area contributed by atoms with E-state index < -0.39 is 11.9 Å². The summed E-state index contributed by atoms with van der Waals surface area (Å²) in [6, 6.07) is 15.2. The molecule has 0 saturated carbocycles. The lowest BCUT2D eigenvalue weighted by molar-refractivity contribution is 0.0940. The maximum absolute atomic E-state index is 13.8. The van der Waals surface area contributed by atoms with Crippen molar-refractivity contribution < 1.29 is 9.90 Å². The van der Waals surface area contributed by atoms with Crippen molar-refractivity contribution in [1.82, 2.24) is 29.5 Å². The van der Waals surface area contributed by atoms with Gasteiger partial charge in [0, 0.05) is 18.0 Å². The average Bonchev–Trinajstić information content (AvgIpc) is 3.23. The Morgan fingerprint density at radius 1 is 1.17 bits per heavy atom. The number of para-hydroxylation sites is 1. The van der Waals surface area contributed by atoms with Gasteiger partial charge in [0.05, 0.1) is 22.6 Å². The number of nitrogens with zero attached hydrogens (tertiary/aromatic N) is 5. The molecular formula is C26H21N7O3. The van der Waals surface area contributed by atoms with Gasteiger partial charge in [0.25, 0.3) is 11.5 Å². The summed E-state index contributed by atoms with van der Waals surface area (Å²) in [7, 11) is 0. The number of aliphatic hydroxyl groups is 1. The lowest BCUT2D eigenvalue weighted by Gasteiger charge is -2.20. The highest BCUT2D eigenvalue weighted by molar-refractivity contribution is 6.04. The molecule has 10 nitrogen and oxygen atoms in total. The van der Waals surface area contributed by atoms with Gasteiger partial charge in [-0.25, -0.2) is 14.5 Å². The number of fused-ring (bicyclic) bond motifs is 2. The number of anilines is 1. The predicted molar refractivity (Wildman–Crippen MR) is 135 cm³/mol. The summed E-state index contributed by atoms with van der Waals surface area (Å²) >= 11 is 0. The number of nitrogen functional groups attached to an aromatic ring is 1. The Kier molecular flexibility index (Phi) is 5.90. The molecule has 2 aromatic carbocycles. The third-order valence-electron chi connectivity index (χ3n) is 5.62. The first-order valence-corrected chi connectivity index (χ1v) is 11.1. The molecule has 0 unspecified atom stereocenters. The zero-order chi connectivity index (χ0) is 25.2. The average molecular weight is 480 g/mol. The van der Waals surface area contributed by atoms with Crippen LogP contribution in [0.2, 0.25) is 0 Å². The molecule has 0 bridgehead atoms. The largest absolute Gasteiger partial charge is 0.384 e. The summed E-state index contributed by atoms with van der Waals surface area (Å²) < 4.78 is 2.88. The van der Waals surface area contributed by atoms with Crippen LogP contribution < -0.4 is 16.6 Å². The number of amides is 1. The number of aliphatic hydroxyl groups excluding tert-OH is 1. The van der Waals surface area contributed by atoms with E-state index in [4.69, 9.17) is 15.8 Å². The molecule has 36 heavy (non-hydrogen) atoms. The normalized spacial score (nSPS) is 11.7. The molecule has 1 amide bonds. The molecule has 0 aliphatic heterocycles. The summed E-state index contributed by atoms with van der Waals surface area (Å²) in [5.41, 5.74) is 7.58. The van der Waals surface area contributed by atoms with Crippen molar-refractivity contribution in [1.29, 1.82) is 0 Å². The van der Waals surface area contributed by atoms with Gasteiger partial charge >= 0.3 is 0 Å². The van der Waals surface area contributed by atoms with Gasteiger partial charge in [-0.2, -0.15) is 0 Å². The number of carbonyl (C=O) groups excluding carboxylic acids is 1. The summed E-state index contributed by atoms with van der Waals surface area (Å²) in [6.07, 6.45) is 3.19. The number of nitrogens with two attached hydrogens (primary N) is 1. The Balaban J connectivity index is 1.66. The molecule has 1 atom stereocenters. The van der Waals surface area contributed by atoms with Crippen molar-refractivity contribution in [2.45, 2.75) is 13.0 Å². The fourth-order valence-corrected chi connectivity index (χ4v) is 4.06. The van der Waals surface area contributed by atoms with Crippen LogP contribution in [0.15, 0.2) is 71.8 Å². The molecule has 3 aromatic heterocycles. The minimum atomic E-state index is -0.694. The van der Waals surface area contributed by atoms with E-state index in [1.165, 1.54) is 9.08 Å². The zero-order valence-electron chi connectivity index (χ0n) is 19.2. The van der Waals surface area contributed by atoms with Gasteiger partial charge < -0.3 is 16.2 Å². The molecule has 0 saturated heterocycles. The highest BCUT2D eigenvalue weighted by Crippen LogP contribution is 2.22. The van der Waals surface area contributed by atoms with Crippen molar-refractivity contribution in [3.8, 4) is 17.5 Å². The van der Waals surface area contributed by atoms with Crippen LogP contribution in [-0.4, -0.2) is 41.8 Å². The van der Waals surface area contributed by atoms with Crippen molar-refractivity contribution in [3.63, 3.8) is 0 Å². The first-order valence-electron chi connectivity index (χ1n) is 11.1. The second-order valence-electron chi connectivity index (χ2n) is 7.95. The quantitative estimate of drug-likeness (QED) is 0.334. The maximum atomic E-state index is 13.8. The van der Waals surface area contributed by atoms with E-state index in [-0.39, 0.29) is 23.5 Å². The van der Waals surface area contributed by atoms with Crippen LogP contribution in [0, 0.1) is 11.8 Å². The molecule has 0 fully saturated rings. The van der Waals surface area contributed by atoms with Crippen molar-refractivity contribution in [2.75, 3.05) is 12.3 Å². The van der Waals surface area contributed by atoms with Crippen molar-refractivity contribution in [3.05, 3.63) is 94.3 Å². The fourth-order valence-electron chi connectivity index (χ4n) is 4.06. The lowest BCUT2D eigenvalue weighted by atomic mass is 10.1. The van der Waals surface area contributed by atoms with E-state index in [2.05, 4.69) is 27.2 Å². The minimum Gasteiger partial charge on any atom is -0.384 e. The summed E-state index contributed by atoms with van der Waals surface area (Å²) in [5, 5.41) is 16.5. The number of aromatic nitrogens is 5. The Morgan fingerprint density at radius 2 is 1.97 bits per heavy atom. The van der Waals surface area contributed by atoms with Crippen LogP contribution in [-0.2, 0) is 0 Å². The van der Waals surface area contributed by atoms with Crippen molar-refractivity contribution in [2.24, 2.45) is 0 Å². The topological polar surface area (TPSA) is 140 Å². The number of benzene rings is 2. The summed E-state index contributed by atoms with van der Waals surface area (Å²) in [4.78, 5) is 36.0. The van der Waals surface area contributed by atoms with Gasteiger partial charge in [-0.3, -0.25) is 14.2 Å². The fraction of sp³-hybridized carbons (Fsp3) is 0.115. The number of hydrogen-bond acceptors (Lipinski definition) is 7. The third-order valence-corrected chi connectivity index (χ3v) is 5.62. The number of carbonyl (C=O) groups is 1. The van der Waals surface area contributed by atoms with E-state index in [9.17, 15) is 9.59 Å². The number of nitrogens with one attached hydrogen (secondary N) is 1. The van der Waals surface area contributed by atoms with E-state index in [1.54, 1.807) is 55.7 Å². The van der Waals surface area contributed by atoms with Gasteiger partial charge in [-0.1, -0.05) is 36.1 Å². The summed E-state index contributed by atoms with van der Waals surface area (Å²) in [5.74, 6) is 5.28. The molecule has 5 aromatic rings. The third kappa shape index (κ3) is 3.93. The second kappa shape index (κ2) is 9.32. The van der Waals surface area contributed by atoms with Crippen LogP contribution in [0.5, 0.6) is 0 Å². The highest BCUT2D eigenvalue weighted by atomic mass is 16.2. The SMILES string of the molecule is C[C@H](NC(=O)c1c(N)nn2cccnc12)c1nc2cccc(C#CCO)c2c(=O)n1-c1ccccc1. The predicted octanol–water partition coefficient (Wildman–Crippen LogP) is 1.85. The van der Waals surface area contributed by atoms with Gasteiger partial charge in [-0.05, 0) is 37.3 Å². The maximum Gasteiger partial charge on any atom is 0.267 e. The standard InChI is InChI=1S/C26H21N7O3/c1-16(29-25(35)21-22(27)31-32-14-7-13-28-24(21)32)23-30-19-12-5-8-17(9-6-15-34)20(19)26(36)33(23)18-10-3-2-4-11-18/h2-5,7-8,10-14,16,34H,15H2,1H3,(H2,27,31)(H,29,35)/t16-/m0/s1. The van der Waals surface area contributed by atoms with E-state index >= 15 is 0 Å². The minimum absolute atomic E-state index is 0.0393. The molecule has 178 valence electrons. The molecular weight excluding hydrogens is 458 g/mol. The van der Waals surface area contributed by atoms with Crippen LogP contribution in [0.3, 0.4) is 0 Å². The second-order valence-corrected chi connectivity index (χ2v) is 7.95. The first-order chi connectivity index (χ1) is 17.5. The lowest BCUT2D eigenvalue weighted by Crippen LogP contribution is -2.33. The van der Waals surface area contributed by atoms with Gasteiger partial charge in [0.2, 0.25) is 0 Å².